The third-order valence-electron chi connectivity index (χ3n) is 3.05. The molecule has 1 aromatic rings. The summed E-state index contributed by atoms with van der Waals surface area (Å²) in [6, 6.07) is 1.82. The average Bonchev–Trinajstić information content (AvgIpc) is 2.40. The number of benzene rings is 1. The number of hydrogen-bond donors (Lipinski definition) is 0. The number of ether oxygens (including phenoxy) is 1. The lowest BCUT2D eigenvalue weighted by Gasteiger charge is -2.22. The molecule has 1 rings (SSSR count). The predicted molar refractivity (Wildman–Crippen MR) is 77.6 cm³/mol. The lowest BCUT2D eigenvalue weighted by Crippen LogP contribution is -2.34. The summed E-state index contributed by atoms with van der Waals surface area (Å²) in [5.74, 6) is -1.29. The van der Waals surface area contributed by atoms with Crippen molar-refractivity contribution in [3.05, 3.63) is 29.1 Å². The Morgan fingerprint density at radius 2 is 2.05 bits per heavy atom. The first-order valence-corrected chi connectivity index (χ1v) is 8.56. The first-order chi connectivity index (χ1) is 9.72. The van der Waals surface area contributed by atoms with Crippen molar-refractivity contribution in [2.45, 2.75) is 18.7 Å². The van der Waals surface area contributed by atoms with Gasteiger partial charge in [0, 0.05) is 36.4 Å². The molecular weight excluding hydrogens is 321 g/mol. The van der Waals surface area contributed by atoms with Crippen molar-refractivity contribution in [3.8, 4) is 0 Å². The summed E-state index contributed by atoms with van der Waals surface area (Å²) in [6.45, 7) is 4.23. The zero-order chi connectivity index (χ0) is 16.2. The Morgan fingerprint density at radius 3 is 2.52 bits per heavy atom. The van der Waals surface area contributed by atoms with Gasteiger partial charge >= 0.3 is 0 Å². The van der Waals surface area contributed by atoms with E-state index in [-0.39, 0.29) is 11.1 Å². The fraction of sp³-hybridized carbons (Fsp3) is 0.462. The molecule has 1 aromatic carbocycles. The molecule has 0 N–H and O–H groups in total. The molecule has 0 atom stereocenters. The summed E-state index contributed by atoms with van der Waals surface area (Å²) in [6.07, 6.45) is 0. The number of halogens is 2. The first-order valence-electron chi connectivity index (χ1n) is 6.25. The minimum atomic E-state index is -4.12. The van der Waals surface area contributed by atoms with Crippen LogP contribution in [0.4, 0.5) is 4.39 Å². The third kappa shape index (κ3) is 4.39. The lowest BCUT2D eigenvalue weighted by molar-refractivity contribution is 0.0705. The minimum absolute atomic E-state index is 0.0211. The largest absolute Gasteiger partial charge is 0.383 e. The Hall–Kier alpha value is -1.18. The van der Waals surface area contributed by atoms with Crippen molar-refractivity contribution in [1.29, 1.82) is 0 Å². The van der Waals surface area contributed by atoms with E-state index in [0.717, 1.165) is 12.1 Å². The van der Waals surface area contributed by atoms with Gasteiger partial charge in [-0.05, 0) is 31.5 Å². The van der Waals surface area contributed by atoms with E-state index in [9.17, 15) is 17.6 Å². The molecule has 21 heavy (non-hydrogen) atoms. The highest BCUT2D eigenvalue weighted by Crippen LogP contribution is 2.25. The highest BCUT2D eigenvalue weighted by Gasteiger charge is 2.23. The van der Waals surface area contributed by atoms with Crippen molar-refractivity contribution >= 4 is 25.6 Å². The van der Waals surface area contributed by atoms with Crippen LogP contribution in [0, 0.1) is 12.7 Å². The molecule has 5 nitrogen and oxygen atoms in total. The quantitative estimate of drug-likeness (QED) is 0.746. The van der Waals surface area contributed by atoms with Gasteiger partial charge in [-0.15, -0.1) is 0 Å². The summed E-state index contributed by atoms with van der Waals surface area (Å²) in [4.78, 5) is 13.4. The Morgan fingerprint density at radius 1 is 1.43 bits per heavy atom. The fourth-order valence-electron chi connectivity index (χ4n) is 1.90. The molecule has 8 heteroatoms. The summed E-state index contributed by atoms with van der Waals surface area (Å²) in [5, 5.41) is 0. The van der Waals surface area contributed by atoms with E-state index in [2.05, 4.69) is 0 Å². The molecule has 0 fully saturated rings. The Balaban J connectivity index is 3.30. The molecule has 118 valence electrons. The van der Waals surface area contributed by atoms with E-state index in [1.165, 1.54) is 18.9 Å². The van der Waals surface area contributed by atoms with Crippen LogP contribution < -0.4 is 0 Å². The fourth-order valence-corrected chi connectivity index (χ4v) is 3.11. The maximum Gasteiger partial charge on any atom is 0.261 e. The van der Waals surface area contributed by atoms with Gasteiger partial charge < -0.3 is 9.64 Å². The Kier molecular flexibility index (Phi) is 6.12. The molecule has 1 amide bonds. The van der Waals surface area contributed by atoms with E-state index in [4.69, 9.17) is 15.4 Å². The number of carbonyl (C=O) groups is 1. The number of rotatable bonds is 6. The van der Waals surface area contributed by atoms with Gasteiger partial charge in [-0.1, -0.05) is 0 Å². The molecule has 0 spiro atoms. The number of likely N-dealkylation sites (N-methyl/N-ethyl adjacent to an activating group) is 1. The molecule has 0 saturated heterocycles. The van der Waals surface area contributed by atoms with Crippen molar-refractivity contribution < 1.29 is 22.3 Å². The molecule has 0 aliphatic rings. The van der Waals surface area contributed by atoms with Crippen LogP contribution in [-0.2, 0) is 13.8 Å². The summed E-state index contributed by atoms with van der Waals surface area (Å²) < 4.78 is 41.4. The van der Waals surface area contributed by atoms with Crippen LogP contribution in [0.2, 0.25) is 0 Å². The lowest BCUT2D eigenvalue weighted by atomic mass is 10.1. The zero-order valence-corrected chi connectivity index (χ0v) is 13.6. The smallest absolute Gasteiger partial charge is 0.261 e. The summed E-state index contributed by atoms with van der Waals surface area (Å²) >= 11 is 0. The maximum absolute atomic E-state index is 13.6. The van der Waals surface area contributed by atoms with E-state index in [0.29, 0.717) is 19.7 Å². The SMILES string of the molecule is CCN(CCOC)C(=O)c1cc(F)cc(S(=O)(=O)Cl)c1C. The molecular formula is C13H17ClFNO4S. The van der Waals surface area contributed by atoms with Crippen LogP contribution in [0.15, 0.2) is 17.0 Å². The van der Waals surface area contributed by atoms with Gasteiger partial charge in [0.15, 0.2) is 0 Å². The van der Waals surface area contributed by atoms with Crippen molar-refractivity contribution in [2.24, 2.45) is 0 Å². The van der Waals surface area contributed by atoms with Gasteiger partial charge in [0.05, 0.1) is 11.5 Å². The number of hydrogen-bond acceptors (Lipinski definition) is 4. The molecule has 0 saturated carbocycles. The van der Waals surface area contributed by atoms with Crippen molar-refractivity contribution in [1.82, 2.24) is 4.90 Å². The number of nitrogens with zero attached hydrogens (tertiary/aromatic N) is 1. The Bertz CT molecular complexity index is 633. The zero-order valence-electron chi connectivity index (χ0n) is 12.0. The number of amides is 1. The van der Waals surface area contributed by atoms with E-state index < -0.39 is 25.7 Å². The molecule has 0 aromatic heterocycles. The topological polar surface area (TPSA) is 63.7 Å². The van der Waals surface area contributed by atoms with Crippen LogP contribution >= 0.6 is 10.7 Å². The van der Waals surface area contributed by atoms with Gasteiger partial charge in [-0.25, -0.2) is 12.8 Å². The van der Waals surface area contributed by atoms with Gasteiger partial charge in [0.25, 0.3) is 15.0 Å². The van der Waals surface area contributed by atoms with Crippen molar-refractivity contribution in [3.63, 3.8) is 0 Å². The van der Waals surface area contributed by atoms with Crippen molar-refractivity contribution in [2.75, 3.05) is 26.8 Å². The van der Waals surface area contributed by atoms with Crippen LogP contribution in [0.3, 0.4) is 0 Å². The molecule has 0 aliphatic heterocycles. The highest BCUT2D eigenvalue weighted by molar-refractivity contribution is 8.13. The molecule has 0 unspecified atom stereocenters. The third-order valence-corrected chi connectivity index (χ3v) is 4.50. The van der Waals surface area contributed by atoms with E-state index >= 15 is 0 Å². The van der Waals surface area contributed by atoms with Gasteiger partial charge in [0.1, 0.15) is 5.82 Å². The molecule has 0 heterocycles. The maximum atomic E-state index is 13.6. The second-order valence-corrected chi connectivity index (χ2v) is 6.93. The monoisotopic (exact) mass is 337 g/mol. The van der Waals surface area contributed by atoms with Crippen LogP contribution in [0.5, 0.6) is 0 Å². The second kappa shape index (κ2) is 7.20. The van der Waals surface area contributed by atoms with Gasteiger partial charge in [-0.2, -0.15) is 0 Å². The predicted octanol–water partition coefficient (Wildman–Crippen LogP) is 2.17. The normalized spacial score (nSPS) is 11.5. The number of carbonyl (C=O) groups excluding carboxylic acids is 1. The highest BCUT2D eigenvalue weighted by atomic mass is 35.7. The minimum Gasteiger partial charge on any atom is -0.383 e. The summed E-state index contributed by atoms with van der Waals surface area (Å²) in [5.41, 5.74) is 0.111. The van der Waals surface area contributed by atoms with E-state index in [1.54, 1.807) is 6.92 Å². The van der Waals surface area contributed by atoms with E-state index in [1.807, 2.05) is 0 Å². The van der Waals surface area contributed by atoms with Gasteiger partial charge in [-0.3, -0.25) is 4.79 Å². The Labute approximate surface area is 128 Å². The summed E-state index contributed by atoms with van der Waals surface area (Å²) in [7, 11) is 2.65. The van der Waals surface area contributed by atoms with Crippen LogP contribution in [0.1, 0.15) is 22.8 Å². The first kappa shape index (κ1) is 17.9. The number of methoxy groups -OCH3 is 1. The standard InChI is InChI=1S/C13H17ClFNO4S/c1-4-16(5-6-20-3)13(17)11-7-10(15)8-12(9(11)2)21(14,18)19/h7-8H,4-6H2,1-3H3. The van der Waals surface area contributed by atoms with Crippen LogP contribution in [0.25, 0.3) is 0 Å². The molecule has 0 bridgehead atoms. The van der Waals surface area contributed by atoms with Gasteiger partial charge in [0.2, 0.25) is 0 Å². The second-order valence-electron chi connectivity index (χ2n) is 4.39. The molecule has 0 radical (unpaired) electrons. The van der Waals surface area contributed by atoms with Crippen LogP contribution in [-0.4, -0.2) is 46.0 Å². The molecule has 0 aliphatic carbocycles. The average molecular weight is 338 g/mol.